The number of anilines is 2. The van der Waals surface area contributed by atoms with Crippen LogP contribution in [0.5, 0.6) is 0 Å². The number of benzene rings is 1. The minimum atomic E-state index is 0.0102. The van der Waals surface area contributed by atoms with Crippen molar-refractivity contribution >= 4 is 34.1 Å². The standard InChI is InChI=1S/C24H31ClN6O2/c1-3-6-26-15-18(32-2)16-29-24-23-21(27-7-8-28-23)14-20(30-24)17-4-5-22(19(25)13-17)31-9-11-33-12-10-31/h4-5,7-8,13-14,18,26H,3,6,9-12,15-16H2,1-2H3,(H,29,30). The topological polar surface area (TPSA) is 84.4 Å². The van der Waals surface area contributed by atoms with E-state index in [4.69, 9.17) is 26.1 Å². The number of nitrogens with zero attached hydrogens (tertiary/aromatic N) is 4. The molecule has 3 aromatic rings. The number of rotatable bonds is 10. The number of hydrogen-bond acceptors (Lipinski definition) is 8. The highest BCUT2D eigenvalue weighted by molar-refractivity contribution is 6.33. The van der Waals surface area contributed by atoms with Crippen molar-refractivity contribution in [2.24, 2.45) is 0 Å². The average molecular weight is 471 g/mol. The molecule has 0 radical (unpaired) electrons. The van der Waals surface area contributed by atoms with Gasteiger partial charge in [0, 0.05) is 51.2 Å². The zero-order valence-corrected chi connectivity index (χ0v) is 19.9. The van der Waals surface area contributed by atoms with E-state index in [0.717, 1.165) is 60.6 Å². The molecule has 2 N–H and O–H groups in total. The number of pyridine rings is 1. The molecule has 3 heterocycles. The zero-order chi connectivity index (χ0) is 23.0. The van der Waals surface area contributed by atoms with Crippen molar-refractivity contribution in [3.05, 3.63) is 41.7 Å². The van der Waals surface area contributed by atoms with Gasteiger partial charge < -0.3 is 25.0 Å². The Morgan fingerprint density at radius 1 is 1.15 bits per heavy atom. The fourth-order valence-corrected chi connectivity index (χ4v) is 4.16. The maximum atomic E-state index is 6.68. The predicted molar refractivity (Wildman–Crippen MR) is 133 cm³/mol. The van der Waals surface area contributed by atoms with Crippen LogP contribution in [0.25, 0.3) is 22.3 Å². The first kappa shape index (κ1) is 23.6. The van der Waals surface area contributed by atoms with Crippen molar-refractivity contribution in [3.8, 4) is 11.3 Å². The Bertz CT molecular complexity index is 1060. The number of methoxy groups -OCH3 is 1. The molecule has 1 fully saturated rings. The number of ether oxygens (including phenoxy) is 2. The number of aromatic nitrogens is 3. The summed E-state index contributed by atoms with van der Waals surface area (Å²) in [6, 6.07) is 8.02. The Kier molecular flexibility index (Phi) is 8.28. The van der Waals surface area contributed by atoms with Gasteiger partial charge in [-0.05, 0) is 31.2 Å². The summed E-state index contributed by atoms with van der Waals surface area (Å²) in [5.41, 5.74) is 4.25. The lowest BCUT2D eigenvalue weighted by Gasteiger charge is -2.29. The molecule has 0 bridgehead atoms. The van der Waals surface area contributed by atoms with Gasteiger partial charge in [0.2, 0.25) is 0 Å². The minimum absolute atomic E-state index is 0.0102. The first-order valence-electron chi connectivity index (χ1n) is 11.4. The predicted octanol–water partition coefficient (Wildman–Crippen LogP) is 3.61. The van der Waals surface area contributed by atoms with Crippen LogP contribution in [-0.2, 0) is 9.47 Å². The first-order chi connectivity index (χ1) is 16.2. The summed E-state index contributed by atoms with van der Waals surface area (Å²) in [5.74, 6) is 0.682. The molecule has 0 saturated carbocycles. The maximum Gasteiger partial charge on any atom is 0.154 e. The maximum absolute atomic E-state index is 6.68. The molecule has 1 saturated heterocycles. The lowest BCUT2D eigenvalue weighted by Crippen LogP contribution is -2.36. The van der Waals surface area contributed by atoms with Crippen LogP contribution in [-0.4, -0.2) is 74.1 Å². The normalized spacial score (nSPS) is 15.1. The smallest absolute Gasteiger partial charge is 0.154 e. The van der Waals surface area contributed by atoms with E-state index in [1.165, 1.54) is 0 Å². The quantitative estimate of drug-likeness (QED) is 0.435. The molecule has 0 spiro atoms. The van der Waals surface area contributed by atoms with E-state index >= 15 is 0 Å². The van der Waals surface area contributed by atoms with Crippen LogP contribution >= 0.6 is 11.6 Å². The number of halogens is 1. The van der Waals surface area contributed by atoms with Gasteiger partial charge in [0.15, 0.2) is 5.82 Å². The third-order valence-electron chi connectivity index (χ3n) is 5.68. The number of morpholine rings is 1. The van der Waals surface area contributed by atoms with Crippen LogP contribution in [0.15, 0.2) is 36.7 Å². The molecule has 1 aromatic carbocycles. The zero-order valence-electron chi connectivity index (χ0n) is 19.2. The lowest BCUT2D eigenvalue weighted by atomic mass is 10.1. The third kappa shape index (κ3) is 5.89. The highest BCUT2D eigenvalue weighted by atomic mass is 35.5. The molecule has 33 heavy (non-hydrogen) atoms. The minimum Gasteiger partial charge on any atom is -0.378 e. The Balaban J connectivity index is 1.59. The monoisotopic (exact) mass is 470 g/mol. The molecule has 1 atom stereocenters. The van der Waals surface area contributed by atoms with Crippen molar-refractivity contribution in [2.45, 2.75) is 19.4 Å². The van der Waals surface area contributed by atoms with Gasteiger partial charge in [-0.3, -0.25) is 4.98 Å². The summed E-state index contributed by atoms with van der Waals surface area (Å²) < 4.78 is 11.1. The molecule has 9 heteroatoms. The van der Waals surface area contributed by atoms with E-state index in [1.54, 1.807) is 19.5 Å². The van der Waals surface area contributed by atoms with E-state index in [0.29, 0.717) is 30.6 Å². The summed E-state index contributed by atoms with van der Waals surface area (Å²) in [7, 11) is 1.72. The summed E-state index contributed by atoms with van der Waals surface area (Å²) in [6.07, 6.45) is 4.47. The van der Waals surface area contributed by atoms with Gasteiger partial charge in [0.25, 0.3) is 0 Å². The number of fused-ring (bicyclic) bond motifs is 1. The Morgan fingerprint density at radius 3 is 2.73 bits per heavy atom. The molecule has 1 unspecified atom stereocenters. The second-order valence-electron chi connectivity index (χ2n) is 7.99. The molecule has 2 aromatic heterocycles. The van der Waals surface area contributed by atoms with Gasteiger partial charge in [-0.15, -0.1) is 0 Å². The van der Waals surface area contributed by atoms with Crippen LogP contribution in [0.3, 0.4) is 0 Å². The van der Waals surface area contributed by atoms with Gasteiger partial charge in [-0.25, -0.2) is 9.97 Å². The highest BCUT2D eigenvalue weighted by Crippen LogP contribution is 2.33. The summed E-state index contributed by atoms with van der Waals surface area (Å²) in [4.78, 5) is 16.1. The van der Waals surface area contributed by atoms with Crippen LogP contribution in [0.2, 0.25) is 5.02 Å². The van der Waals surface area contributed by atoms with Crippen molar-refractivity contribution in [1.82, 2.24) is 20.3 Å². The van der Waals surface area contributed by atoms with Gasteiger partial charge in [0.05, 0.1) is 41.2 Å². The fourth-order valence-electron chi connectivity index (χ4n) is 3.86. The summed E-state index contributed by atoms with van der Waals surface area (Å²) >= 11 is 6.68. The molecule has 4 rings (SSSR count). The van der Waals surface area contributed by atoms with Crippen molar-refractivity contribution in [3.63, 3.8) is 0 Å². The molecule has 176 valence electrons. The number of hydrogen-bond donors (Lipinski definition) is 2. The van der Waals surface area contributed by atoms with Gasteiger partial charge >= 0.3 is 0 Å². The van der Waals surface area contributed by atoms with Crippen molar-refractivity contribution in [1.29, 1.82) is 0 Å². The van der Waals surface area contributed by atoms with E-state index in [-0.39, 0.29) is 6.10 Å². The highest BCUT2D eigenvalue weighted by Gasteiger charge is 2.17. The lowest BCUT2D eigenvalue weighted by molar-refractivity contribution is 0.112. The van der Waals surface area contributed by atoms with Crippen LogP contribution in [0.1, 0.15) is 13.3 Å². The van der Waals surface area contributed by atoms with Gasteiger partial charge in [-0.2, -0.15) is 0 Å². The molecule has 1 aliphatic heterocycles. The molecule has 8 nitrogen and oxygen atoms in total. The van der Waals surface area contributed by atoms with E-state index in [9.17, 15) is 0 Å². The van der Waals surface area contributed by atoms with Crippen LogP contribution < -0.4 is 15.5 Å². The molecular formula is C24H31ClN6O2. The van der Waals surface area contributed by atoms with Crippen LogP contribution in [0.4, 0.5) is 11.5 Å². The molecule has 0 amide bonds. The Hall–Kier alpha value is -2.52. The average Bonchev–Trinajstić information content (AvgIpc) is 2.86. The van der Waals surface area contributed by atoms with E-state index in [2.05, 4.69) is 44.6 Å². The SMILES string of the molecule is CCCNCC(CNc1nc(-c2ccc(N3CCOCC3)c(Cl)c2)cc2nccnc12)OC. The first-order valence-corrected chi connectivity index (χ1v) is 11.8. The Morgan fingerprint density at radius 2 is 1.97 bits per heavy atom. The van der Waals surface area contributed by atoms with Crippen molar-refractivity contribution < 1.29 is 9.47 Å². The molecular weight excluding hydrogens is 440 g/mol. The second kappa shape index (κ2) is 11.6. The van der Waals surface area contributed by atoms with Crippen LogP contribution in [0, 0.1) is 0 Å². The molecule has 0 aliphatic carbocycles. The molecule has 1 aliphatic rings. The van der Waals surface area contributed by atoms with E-state index < -0.39 is 0 Å². The van der Waals surface area contributed by atoms with Crippen molar-refractivity contribution in [2.75, 3.05) is 63.3 Å². The second-order valence-corrected chi connectivity index (χ2v) is 8.40. The largest absolute Gasteiger partial charge is 0.378 e. The third-order valence-corrected chi connectivity index (χ3v) is 5.98. The number of nitrogens with one attached hydrogen (secondary N) is 2. The fraction of sp³-hybridized carbons (Fsp3) is 0.458. The Labute approximate surface area is 199 Å². The van der Waals surface area contributed by atoms with Gasteiger partial charge in [0.1, 0.15) is 5.52 Å². The van der Waals surface area contributed by atoms with E-state index in [1.807, 2.05) is 12.1 Å². The summed E-state index contributed by atoms with van der Waals surface area (Å²) in [5, 5.41) is 7.52. The summed E-state index contributed by atoms with van der Waals surface area (Å²) in [6.45, 7) is 7.58. The van der Waals surface area contributed by atoms with Gasteiger partial charge in [-0.1, -0.05) is 24.6 Å².